The Bertz CT molecular complexity index is 3170. The lowest BCUT2D eigenvalue weighted by atomic mass is 9.86. The normalized spacial score (nSPS) is 19.4. The highest BCUT2D eigenvalue weighted by Gasteiger charge is 2.65. The highest BCUT2D eigenvalue weighted by molar-refractivity contribution is 7.97. The number of halogens is 2. The summed E-state index contributed by atoms with van der Waals surface area (Å²) in [5.41, 5.74) is -2.51. The molecular formula is C71H92F2O16S2. The number of carbonyl (C=O) groups is 5. The van der Waals surface area contributed by atoms with Gasteiger partial charge in [0.25, 0.3) is 0 Å². The van der Waals surface area contributed by atoms with Crippen LogP contribution in [0, 0.1) is 27.6 Å². The van der Waals surface area contributed by atoms with Gasteiger partial charge in [-0.25, -0.2) is 8.42 Å². The molecule has 0 aromatic heterocycles. The van der Waals surface area contributed by atoms with Crippen molar-refractivity contribution >= 4 is 50.9 Å². The van der Waals surface area contributed by atoms with Crippen molar-refractivity contribution in [1.29, 1.82) is 0 Å². The predicted molar refractivity (Wildman–Crippen MR) is 342 cm³/mol. The Morgan fingerprint density at radius 2 is 0.989 bits per heavy atom. The maximum absolute atomic E-state index is 13.0. The minimum absolute atomic E-state index is 0.0146. The first-order valence-electron chi connectivity index (χ1n) is 31.1. The summed E-state index contributed by atoms with van der Waals surface area (Å²) in [6.45, 7) is 24.5. The van der Waals surface area contributed by atoms with Gasteiger partial charge in [0, 0.05) is 0 Å². The van der Waals surface area contributed by atoms with E-state index >= 15 is 0 Å². The molecule has 498 valence electrons. The number of aromatic hydroxyl groups is 1. The molecule has 1 saturated carbocycles. The SMILES string of the molecule is CCC(C)(C)C(=O)OC(C)C(F)(F)S(=O)(=O)[O-].CCC(C)(C)C(=O)OC1C2CC3C(=O)OC1C3O2.CCC(C)(C)C(=O)Oc1ccc(O)cc1.CCC(C)(C)C(=O)Oc1ccc(OC2(C)CCCCC2)cc1.c1ccc([S+](c2ccccc2)c2ccccc2)cc1. The third-order valence-corrected chi connectivity index (χ3v) is 20.4. The van der Waals surface area contributed by atoms with Crippen molar-refractivity contribution in [1.82, 2.24) is 0 Å². The molecule has 5 aromatic carbocycles. The number of phenolic OH excluding ortho intramolecular Hbond substituents is 1. The molecule has 16 nitrogen and oxygen atoms in total. The van der Waals surface area contributed by atoms with E-state index in [2.05, 4.69) is 103 Å². The number of rotatable bonds is 19. The first-order valence-corrected chi connectivity index (χ1v) is 33.7. The monoisotopic (exact) mass is 1300 g/mol. The maximum Gasteiger partial charge on any atom is 0.369 e. The Hall–Kier alpha value is -6.87. The molecule has 2 bridgehead atoms. The zero-order chi connectivity index (χ0) is 67.8. The number of esters is 5. The first-order chi connectivity index (χ1) is 42.5. The largest absolute Gasteiger partial charge is 0.743 e. The van der Waals surface area contributed by atoms with E-state index in [0.717, 1.165) is 31.4 Å². The Morgan fingerprint density at radius 3 is 1.40 bits per heavy atom. The van der Waals surface area contributed by atoms with Gasteiger partial charge >= 0.3 is 35.1 Å². The molecule has 3 heterocycles. The summed E-state index contributed by atoms with van der Waals surface area (Å²) in [7, 11) is -5.87. The summed E-state index contributed by atoms with van der Waals surface area (Å²) in [5, 5.41) is 4.42. The van der Waals surface area contributed by atoms with Crippen molar-refractivity contribution in [3.63, 3.8) is 0 Å². The zero-order valence-electron chi connectivity index (χ0n) is 55.0. The average Bonchev–Trinajstić information content (AvgIpc) is 1.58. The van der Waals surface area contributed by atoms with Gasteiger partial charge in [0.1, 0.15) is 34.7 Å². The topological polar surface area (TPSA) is 227 Å². The van der Waals surface area contributed by atoms with Gasteiger partial charge in [-0.1, -0.05) is 88.7 Å². The predicted octanol–water partition coefficient (Wildman–Crippen LogP) is 15.2. The second-order valence-corrected chi connectivity index (χ2v) is 29.3. The third kappa shape index (κ3) is 20.6. The molecule has 6 unspecified atom stereocenters. The molecule has 1 N–H and O–H groups in total. The van der Waals surface area contributed by atoms with Crippen LogP contribution in [0.5, 0.6) is 23.0 Å². The summed E-state index contributed by atoms with van der Waals surface area (Å²) in [6.07, 6.45) is 5.62. The molecule has 1 aliphatic carbocycles. The highest BCUT2D eigenvalue weighted by Crippen LogP contribution is 2.48. The van der Waals surface area contributed by atoms with Crippen LogP contribution < -0.4 is 14.2 Å². The van der Waals surface area contributed by atoms with Crippen molar-refractivity contribution in [2.75, 3.05) is 0 Å². The van der Waals surface area contributed by atoms with Crippen LogP contribution in [0.4, 0.5) is 8.78 Å². The van der Waals surface area contributed by atoms with Crippen LogP contribution in [0.3, 0.4) is 0 Å². The van der Waals surface area contributed by atoms with E-state index in [9.17, 15) is 45.7 Å². The zero-order valence-corrected chi connectivity index (χ0v) is 56.6. The smallest absolute Gasteiger partial charge is 0.369 e. The number of carbonyl (C=O) groups excluding carboxylic acids is 5. The molecule has 0 spiro atoms. The Labute approximate surface area is 539 Å². The van der Waals surface area contributed by atoms with Crippen molar-refractivity contribution in [2.24, 2.45) is 27.6 Å². The maximum atomic E-state index is 13.0. The number of hydrogen-bond donors (Lipinski definition) is 1. The minimum Gasteiger partial charge on any atom is -0.743 e. The number of alkyl halides is 2. The number of hydrogen-bond acceptors (Lipinski definition) is 16. The third-order valence-electron chi connectivity index (χ3n) is 17.2. The summed E-state index contributed by atoms with van der Waals surface area (Å²) in [5.74, 6) is 0.0190. The van der Waals surface area contributed by atoms with Gasteiger partial charge in [-0.05, 0) is 212 Å². The molecule has 3 aliphatic heterocycles. The molecule has 20 heteroatoms. The summed E-state index contributed by atoms with van der Waals surface area (Å²) in [4.78, 5) is 62.8. The number of benzene rings is 5. The molecular weight excluding hydrogens is 1210 g/mol. The van der Waals surface area contributed by atoms with E-state index in [1.165, 1.54) is 59.9 Å². The second kappa shape index (κ2) is 32.1. The second-order valence-electron chi connectivity index (χ2n) is 25.9. The Kier molecular flexibility index (Phi) is 26.4. The van der Waals surface area contributed by atoms with Crippen LogP contribution in [0.15, 0.2) is 154 Å². The Morgan fingerprint density at radius 1 is 0.604 bits per heavy atom. The van der Waals surface area contributed by atoms with E-state index < -0.39 is 61.3 Å². The summed E-state index contributed by atoms with van der Waals surface area (Å²) in [6, 6.07) is 45.7. The molecule has 5 aromatic rings. The van der Waals surface area contributed by atoms with Crippen molar-refractivity contribution in [2.45, 2.75) is 217 Å². The quantitative estimate of drug-likeness (QED) is 0.0266. The van der Waals surface area contributed by atoms with Gasteiger partial charge in [-0.15, -0.1) is 0 Å². The molecule has 3 saturated heterocycles. The lowest BCUT2D eigenvalue weighted by Gasteiger charge is -2.34. The summed E-state index contributed by atoms with van der Waals surface area (Å²) >= 11 is 0. The van der Waals surface area contributed by atoms with Crippen LogP contribution in [-0.2, 0) is 63.9 Å². The van der Waals surface area contributed by atoms with E-state index in [4.69, 9.17) is 33.5 Å². The molecule has 91 heavy (non-hydrogen) atoms. The average molecular weight is 1300 g/mol. The lowest BCUT2D eigenvalue weighted by molar-refractivity contribution is -0.170. The van der Waals surface area contributed by atoms with Crippen LogP contribution in [0.25, 0.3) is 0 Å². The fourth-order valence-electron chi connectivity index (χ4n) is 9.18. The molecule has 4 fully saturated rings. The first kappa shape index (κ1) is 74.9. The lowest BCUT2D eigenvalue weighted by Crippen LogP contribution is -2.44. The fraction of sp³-hybridized carbons (Fsp3) is 0.507. The van der Waals surface area contributed by atoms with Gasteiger partial charge in [0.15, 0.2) is 43.1 Å². The molecule has 0 amide bonds. The van der Waals surface area contributed by atoms with Gasteiger partial charge in [0.05, 0.1) is 44.6 Å². The molecule has 4 aliphatic rings. The molecule has 0 radical (unpaired) electrons. The van der Waals surface area contributed by atoms with Gasteiger partial charge in [0.2, 0.25) is 0 Å². The van der Waals surface area contributed by atoms with Gasteiger partial charge in [-0.2, -0.15) is 8.78 Å². The Balaban J connectivity index is 0.000000208. The summed E-state index contributed by atoms with van der Waals surface area (Å²) < 4.78 is 94.5. The van der Waals surface area contributed by atoms with Crippen LogP contribution in [0.1, 0.15) is 161 Å². The van der Waals surface area contributed by atoms with E-state index in [1.807, 2.05) is 86.6 Å². The van der Waals surface area contributed by atoms with E-state index in [0.29, 0.717) is 37.7 Å². The van der Waals surface area contributed by atoms with Crippen LogP contribution in [0.2, 0.25) is 0 Å². The minimum atomic E-state index is -5.86. The standard InChI is InChI=1S/C19H28O3.C18H15S.C13H18O5.C12H16O3.C9H16F2O5S/c1-5-18(2,3)17(20)21-15-9-11-16(12-10-15)22-19(4)13-7-6-8-14-19;1-4-10-16(11-5-1)19(17-12-6-2-7-13-17)18-14-8-3-9-15-18;1-4-13(2,3)12(15)18-9-7-5-6-8(16-7)10(9)17-11(6)14;1-4-12(2,3)11(14)15-10-7-5-9(13)6-8-10;1-5-8(3,4)7(12)16-6(2)9(10,11)17(13,14)15/h9-12H,5-8,13-14H2,1-4H3;1-15H;6-10H,4-5H2,1-3H3;5-8,13H,4H2,1-3H3;6H,5H2,1-4H3,(H,13,14,15)/q;+1;;;/p-1. The molecule has 9 rings (SSSR count). The van der Waals surface area contributed by atoms with Gasteiger partial charge in [-0.3, -0.25) is 24.0 Å². The number of ether oxygens (including phenoxy) is 7. The van der Waals surface area contributed by atoms with Crippen LogP contribution in [-0.4, -0.2) is 89.3 Å². The van der Waals surface area contributed by atoms with Crippen LogP contribution >= 0.6 is 0 Å². The fourth-order valence-corrected chi connectivity index (χ4v) is 11.7. The van der Waals surface area contributed by atoms with Crippen molar-refractivity contribution in [3.05, 3.63) is 140 Å². The van der Waals surface area contributed by atoms with Gasteiger partial charge < -0.3 is 42.8 Å². The van der Waals surface area contributed by atoms with Crippen molar-refractivity contribution in [3.8, 4) is 23.0 Å². The van der Waals surface area contributed by atoms with E-state index in [-0.39, 0.29) is 64.2 Å². The number of phenols is 1. The van der Waals surface area contributed by atoms with Crippen molar-refractivity contribution < 1.29 is 84.0 Å². The highest BCUT2D eigenvalue weighted by atomic mass is 32.2. The number of fused-ring (bicyclic) bond motifs is 1. The molecule has 6 atom stereocenters. The van der Waals surface area contributed by atoms with E-state index in [1.54, 1.807) is 19.1 Å².